The molecule has 6 nitrogen and oxygen atoms in total. The number of aliphatic hydroxyl groups is 1. The molecule has 2 atom stereocenters. The third-order valence-corrected chi connectivity index (χ3v) is 5.25. The van der Waals surface area contributed by atoms with Gasteiger partial charge in [0, 0.05) is 55.7 Å². The molecule has 6 heteroatoms. The van der Waals surface area contributed by atoms with Gasteiger partial charge >= 0.3 is 6.09 Å². The predicted octanol–water partition coefficient (Wildman–Crippen LogP) is 1.47. The molecule has 2 aromatic rings. The number of likely N-dealkylation sites (tertiary alicyclic amines) is 2. The molecule has 2 aliphatic heterocycles. The summed E-state index contributed by atoms with van der Waals surface area (Å²) in [5.74, 6) is 0.879. The van der Waals surface area contributed by atoms with E-state index in [9.17, 15) is 9.90 Å². The zero-order valence-corrected chi connectivity index (χ0v) is 12.9. The quantitative estimate of drug-likeness (QED) is 0.900. The summed E-state index contributed by atoms with van der Waals surface area (Å²) in [6.07, 6.45) is 1.23. The Morgan fingerprint density at radius 3 is 2.57 bits per heavy atom. The fourth-order valence-electron chi connectivity index (χ4n) is 4.14. The first kappa shape index (κ1) is 14.5. The third-order valence-electron chi connectivity index (χ3n) is 5.25. The Hall–Kier alpha value is -2.05. The number of pyridine rings is 1. The number of hydrogen-bond acceptors (Lipinski definition) is 3. The van der Waals surface area contributed by atoms with Crippen molar-refractivity contribution in [3.63, 3.8) is 0 Å². The van der Waals surface area contributed by atoms with Crippen LogP contribution < -0.4 is 0 Å². The lowest BCUT2D eigenvalue weighted by Crippen LogP contribution is -2.32. The van der Waals surface area contributed by atoms with Gasteiger partial charge in [0.05, 0.1) is 6.61 Å². The second-order valence-corrected chi connectivity index (χ2v) is 6.67. The monoisotopic (exact) mass is 315 g/mol. The maximum atomic E-state index is 11.1. The molecule has 2 aliphatic rings. The summed E-state index contributed by atoms with van der Waals surface area (Å²) >= 11 is 0. The van der Waals surface area contributed by atoms with Crippen LogP contribution in [0.1, 0.15) is 11.3 Å². The first-order valence-corrected chi connectivity index (χ1v) is 8.04. The molecule has 0 unspecified atom stereocenters. The zero-order chi connectivity index (χ0) is 16.0. The Morgan fingerprint density at radius 1 is 1.17 bits per heavy atom. The third kappa shape index (κ3) is 2.48. The molecule has 2 aromatic heterocycles. The summed E-state index contributed by atoms with van der Waals surface area (Å²) in [5.41, 5.74) is 3.21. The van der Waals surface area contributed by atoms with Gasteiger partial charge in [-0.15, -0.1) is 0 Å². The van der Waals surface area contributed by atoms with Crippen molar-refractivity contribution in [1.29, 1.82) is 0 Å². The fourth-order valence-corrected chi connectivity index (χ4v) is 4.14. The highest BCUT2D eigenvalue weighted by Crippen LogP contribution is 2.32. The molecule has 4 rings (SSSR count). The Labute approximate surface area is 134 Å². The van der Waals surface area contributed by atoms with E-state index in [0.29, 0.717) is 24.9 Å². The van der Waals surface area contributed by atoms with Gasteiger partial charge in [0.25, 0.3) is 0 Å². The van der Waals surface area contributed by atoms with Crippen LogP contribution in [-0.2, 0) is 13.2 Å². The topological polar surface area (TPSA) is 68.4 Å². The number of carbonyl (C=O) groups is 1. The highest BCUT2D eigenvalue weighted by atomic mass is 16.4. The van der Waals surface area contributed by atoms with Crippen molar-refractivity contribution in [2.75, 3.05) is 26.2 Å². The van der Waals surface area contributed by atoms with Crippen LogP contribution in [-0.4, -0.2) is 56.7 Å². The van der Waals surface area contributed by atoms with Gasteiger partial charge < -0.3 is 19.5 Å². The van der Waals surface area contributed by atoms with E-state index >= 15 is 0 Å². The van der Waals surface area contributed by atoms with Crippen LogP contribution in [0, 0.1) is 11.8 Å². The molecular formula is C17H21N3O3. The summed E-state index contributed by atoms with van der Waals surface area (Å²) in [7, 11) is 0. The molecule has 0 radical (unpaired) electrons. The zero-order valence-electron chi connectivity index (χ0n) is 12.9. The van der Waals surface area contributed by atoms with Crippen LogP contribution in [0.15, 0.2) is 30.5 Å². The van der Waals surface area contributed by atoms with Gasteiger partial charge in [-0.25, -0.2) is 4.79 Å². The summed E-state index contributed by atoms with van der Waals surface area (Å²) in [4.78, 5) is 15.0. The fraction of sp³-hybridized carbons (Fsp3) is 0.471. The molecule has 0 bridgehead atoms. The van der Waals surface area contributed by atoms with Gasteiger partial charge in [0.1, 0.15) is 0 Å². The number of hydrogen-bond donors (Lipinski definition) is 2. The lowest BCUT2D eigenvalue weighted by molar-refractivity contribution is 0.148. The minimum Gasteiger partial charge on any atom is -0.465 e. The van der Waals surface area contributed by atoms with Gasteiger partial charge in [-0.2, -0.15) is 0 Å². The molecule has 1 amide bonds. The number of fused-ring (bicyclic) bond motifs is 2. The number of aromatic nitrogens is 1. The highest BCUT2D eigenvalue weighted by molar-refractivity contribution is 5.65. The van der Waals surface area contributed by atoms with E-state index in [0.717, 1.165) is 36.4 Å². The van der Waals surface area contributed by atoms with Crippen LogP contribution in [0.3, 0.4) is 0 Å². The number of aliphatic hydroxyl groups excluding tert-OH is 1. The predicted molar refractivity (Wildman–Crippen MR) is 85.2 cm³/mol. The van der Waals surface area contributed by atoms with Crippen LogP contribution in [0.25, 0.3) is 5.52 Å². The van der Waals surface area contributed by atoms with Crippen LogP contribution in [0.2, 0.25) is 0 Å². The molecule has 0 saturated carbocycles. The summed E-state index contributed by atoms with van der Waals surface area (Å²) in [5, 5.41) is 18.8. The van der Waals surface area contributed by atoms with Gasteiger partial charge in [-0.3, -0.25) is 4.90 Å². The molecule has 0 aromatic carbocycles. The lowest BCUT2D eigenvalue weighted by Gasteiger charge is -2.20. The molecule has 0 spiro atoms. The van der Waals surface area contributed by atoms with Gasteiger partial charge in [0.2, 0.25) is 0 Å². The van der Waals surface area contributed by atoms with Crippen molar-refractivity contribution in [1.82, 2.24) is 14.2 Å². The standard InChI is InChI=1S/C17H21N3O3/c21-11-12-5-15-3-1-2-4-20(15)16(12)10-18-6-13-8-19(17(22)23)9-14(13)7-18/h1-5,13-14,21H,6-11H2,(H,22,23)/t13-,14+. The van der Waals surface area contributed by atoms with Gasteiger partial charge in [-0.05, 0) is 30.0 Å². The van der Waals surface area contributed by atoms with E-state index in [1.165, 1.54) is 0 Å². The molecule has 23 heavy (non-hydrogen) atoms. The average Bonchev–Trinajstić information content (AvgIpc) is 3.19. The van der Waals surface area contributed by atoms with Crippen molar-refractivity contribution in [2.45, 2.75) is 13.2 Å². The summed E-state index contributed by atoms with van der Waals surface area (Å²) in [6.45, 7) is 4.01. The second-order valence-electron chi connectivity index (χ2n) is 6.67. The maximum absolute atomic E-state index is 11.1. The molecule has 2 N–H and O–H groups in total. The van der Waals surface area contributed by atoms with Crippen molar-refractivity contribution < 1.29 is 15.0 Å². The maximum Gasteiger partial charge on any atom is 0.407 e. The molecular weight excluding hydrogens is 294 g/mol. The lowest BCUT2D eigenvalue weighted by atomic mass is 10.0. The van der Waals surface area contributed by atoms with E-state index < -0.39 is 6.09 Å². The Bertz CT molecular complexity index is 728. The van der Waals surface area contributed by atoms with E-state index in [1.807, 2.05) is 30.5 Å². The molecule has 2 saturated heterocycles. The van der Waals surface area contributed by atoms with Crippen molar-refractivity contribution in [3.8, 4) is 0 Å². The van der Waals surface area contributed by atoms with Crippen LogP contribution in [0.4, 0.5) is 4.79 Å². The number of rotatable bonds is 3. The van der Waals surface area contributed by atoms with E-state index in [4.69, 9.17) is 5.11 Å². The Kier molecular flexibility index (Phi) is 3.50. The smallest absolute Gasteiger partial charge is 0.407 e. The first-order valence-electron chi connectivity index (χ1n) is 8.04. The second kappa shape index (κ2) is 5.54. The minimum absolute atomic E-state index is 0.0461. The minimum atomic E-state index is -0.800. The molecule has 2 fully saturated rings. The molecule has 4 heterocycles. The number of amides is 1. The van der Waals surface area contributed by atoms with Gasteiger partial charge in [0.15, 0.2) is 0 Å². The van der Waals surface area contributed by atoms with Crippen molar-refractivity contribution >= 4 is 11.6 Å². The number of nitrogens with zero attached hydrogens (tertiary/aromatic N) is 3. The van der Waals surface area contributed by atoms with E-state index in [2.05, 4.69) is 9.30 Å². The van der Waals surface area contributed by atoms with Gasteiger partial charge in [-0.1, -0.05) is 6.07 Å². The van der Waals surface area contributed by atoms with Crippen molar-refractivity contribution in [3.05, 3.63) is 41.7 Å². The largest absolute Gasteiger partial charge is 0.465 e. The normalized spacial score (nSPS) is 24.5. The SMILES string of the molecule is O=C(O)N1C[C@H]2CN(Cc3c(CO)cc4ccccn34)C[C@H]2C1. The summed E-state index contributed by atoms with van der Waals surface area (Å²) < 4.78 is 2.14. The Balaban J connectivity index is 1.51. The Morgan fingerprint density at radius 2 is 1.91 bits per heavy atom. The molecule has 122 valence electrons. The van der Waals surface area contributed by atoms with Crippen LogP contribution >= 0.6 is 0 Å². The van der Waals surface area contributed by atoms with Crippen molar-refractivity contribution in [2.24, 2.45) is 11.8 Å². The van der Waals surface area contributed by atoms with Crippen LogP contribution in [0.5, 0.6) is 0 Å². The summed E-state index contributed by atoms with van der Waals surface area (Å²) in [6, 6.07) is 8.09. The first-order chi connectivity index (χ1) is 11.2. The molecule has 0 aliphatic carbocycles. The highest BCUT2D eigenvalue weighted by Gasteiger charge is 2.41. The average molecular weight is 315 g/mol. The van der Waals surface area contributed by atoms with E-state index in [1.54, 1.807) is 4.90 Å². The van der Waals surface area contributed by atoms with E-state index in [-0.39, 0.29) is 6.61 Å². The number of carboxylic acid groups (broad SMARTS) is 1.